The molecule has 1 aromatic carbocycles. The predicted molar refractivity (Wildman–Crippen MR) is 77.8 cm³/mol. The first-order valence-electron chi connectivity index (χ1n) is 6.43. The smallest absolute Gasteiger partial charge is 0.399 e. The van der Waals surface area contributed by atoms with Gasteiger partial charge in [-0.2, -0.15) is 0 Å². The van der Waals surface area contributed by atoms with E-state index in [-0.39, 0.29) is 17.8 Å². The number of benzene rings is 1. The van der Waals surface area contributed by atoms with Gasteiger partial charge in [-0.05, 0) is 57.3 Å². The lowest BCUT2D eigenvalue weighted by molar-refractivity contribution is 0.00578. The molecule has 19 heavy (non-hydrogen) atoms. The van der Waals surface area contributed by atoms with Gasteiger partial charge in [-0.25, -0.2) is 0 Å². The first-order valence-corrected chi connectivity index (χ1v) is 6.81. The highest BCUT2D eigenvalue weighted by molar-refractivity contribution is 6.62. The Hall–Kier alpha value is -0.545. The number of hydrogen-bond donors (Lipinski definition) is 1. The molecule has 0 aliphatic carbocycles. The van der Waals surface area contributed by atoms with Gasteiger partial charge in [0.05, 0.1) is 17.8 Å². The molecule has 0 atom stereocenters. The van der Waals surface area contributed by atoms with E-state index in [0.717, 1.165) is 16.6 Å². The Kier molecular flexibility index (Phi) is 3.73. The van der Waals surface area contributed by atoms with Crippen molar-refractivity contribution in [1.82, 2.24) is 0 Å². The number of halogens is 1. The van der Waals surface area contributed by atoms with Crippen LogP contribution in [0, 0.1) is 6.92 Å². The van der Waals surface area contributed by atoms with Gasteiger partial charge in [-0.3, -0.25) is 0 Å². The fourth-order valence-corrected chi connectivity index (χ4v) is 2.29. The Labute approximate surface area is 120 Å². The van der Waals surface area contributed by atoms with Gasteiger partial charge in [0.25, 0.3) is 0 Å². The lowest BCUT2D eigenvalue weighted by atomic mass is 9.78. The molecule has 5 heteroatoms. The van der Waals surface area contributed by atoms with Crippen molar-refractivity contribution in [3.8, 4) is 0 Å². The molecule has 0 saturated carbocycles. The molecule has 3 nitrogen and oxygen atoms in total. The van der Waals surface area contributed by atoms with E-state index in [1.165, 1.54) is 0 Å². The summed E-state index contributed by atoms with van der Waals surface area (Å²) in [7, 11) is -0.451. The van der Waals surface area contributed by atoms with Gasteiger partial charge in [0.2, 0.25) is 0 Å². The second-order valence-electron chi connectivity index (χ2n) is 6.03. The summed E-state index contributed by atoms with van der Waals surface area (Å²) in [6.45, 7) is 9.89. The Balaban J connectivity index is 2.37. The summed E-state index contributed by atoms with van der Waals surface area (Å²) in [5.74, 6) is 0. The predicted octanol–water partition coefficient (Wildman–Crippen LogP) is 2.44. The van der Waals surface area contributed by atoms with E-state index in [1.54, 1.807) is 0 Å². The average molecular weight is 283 g/mol. The van der Waals surface area contributed by atoms with Crippen molar-refractivity contribution in [1.29, 1.82) is 0 Å². The molecule has 1 aromatic rings. The SMILES string of the molecule is Cc1c(Cl)cc(B2OC(C)(C)C(C)(C)O2)cc1CO. The third-order valence-electron chi connectivity index (χ3n) is 4.17. The van der Waals surface area contributed by atoms with Crippen LogP contribution in [0.15, 0.2) is 12.1 Å². The molecular formula is C14H20BClO3. The van der Waals surface area contributed by atoms with Crippen LogP contribution in [0.5, 0.6) is 0 Å². The molecule has 1 N–H and O–H groups in total. The van der Waals surface area contributed by atoms with Crippen molar-refractivity contribution in [2.75, 3.05) is 0 Å². The molecular weight excluding hydrogens is 262 g/mol. The van der Waals surface area contributed by atoms with E-state index >= 15 is 0 Å². The molecule has 0 aromatic heterocycles. The van der Waals surface area contributed by atoms with Gasteiger partial charge < -0.3 is 14.4 Å². The van der Waals surface area contributed by atoms with Crippen LogP contribution in [0.4, 0.5) is 0 Å². The zero-order valence-corrected chi connectivity index (χ0v) is 12.8. The van der Waals surface area contributed by atoms with Gasteiger partial charge in [0.1, 0.15) is 0 Å². The molecule has 104 valence electrons. The minimum Gasteiger partial charge on any atom is -0.399 e. The van der Waals surface area contributed by atoms with E-state index in [1.807, 2.05) is 46.8 Å². The van der Waals surface area contributed by atoms with Gasteiger partial charge in [-0.1, -0.05) is 17.7 Å². The maximum absolute atomic E-state index is 9.38. The number of rotatable bonds is 2. The molecule has 0 unspecified atom stereocenters. The maximum Gasteiger partial charge on any atom is 0.494 e. The highest BCUT2D eigenvalue weighted by Crippen LogP contribution is 2.36. The molecule has 1 aliphatic heterocycles. The molecule has 1 saturated heterocycles. The molecule has 0 spiro atoms. The van der Waals surface area contributed by atoms with Crippen LogP contribution in [0.25, 0.3) is 0 Å². The third kappa shape index (κ3) is 2.55. The van der Waals surface area contributed by atoms with E-state index in [2.05, 4.69) is 0 Å². The zero-order valence-electron chi connectivity index (χ0n) is 12.1. The van der Waals surface area contributed by atoms with Gasteiger partial charge in [0.15, 0.2) is 0 Å². The molecule has 2 rings (SSSR count). The topological polar surface area (TPSA) is 38.7 Å². The minimum absolute atomic E-state index is 0.0428. The van der Waals surface area contributed by atoms with Crippen LogP contribution in [-0.4, -0.2) is 23.4 Å². The molecule has 1 fully saturated rings. The lowest BCUT2D eigenvalue weighted by Crippen LogP contribution is -2.41. The monoisotopic (exact) mass is 282 g/mol. The van der Waals surface area contributed by atoms with Gasteiger partial charge >= 0.3 is 7.12 Å². The summed E-state index contributed by atoms with van der Waals surface area (Å²) in [4.78, 5) is 0. The van der Waals surface area contributed by atoms with E-state index in [9.17, 15) is 5.11 Å². The Morgan fingerprint density at radius 3 is 2.16 bits per heavy atom. The van der Waals surface area contributed by atoms with Crippen LogP contribution in [0.3, 0.4) is 0 Å². The number of hydrogen-bond acceptors (Lipinski definition) is 3. The van der Waals surface area contributed by atoms with E-state index in [4.69, 9.17) is 20.9 Å². The average Bonchev–Trinajstić information content (AvgIpc) is 2.52. The first kappa shape index (κ1) is 14.9. The van der Waals surface area contributed by atoms with Crippen LogP contribution in [0.1, 0.15) is 38.8 Å². The van der Waals surface area contributed by atoms with Crippen LogP contribution in [0.2, 0.25) is 5.02 Å². The Bertz CT molecular complexity index is 484. The minimum atomic E-state index is -0.451. The highest BCUT2D eigenvalue weighted by Gasteiger charge is 2.51. The first-order chi connectivity index (χ1) is 8.68. The second kappa shape index (κ2) is 4.78. The summed E-state index contributed by atoms with van der Waals surface area (Å²) in [5, 5.41) is 10.00. The third-order valence-corrected chi connectivity index (χ3v) is 4.56. The van der Waals surface area contributed by atoms with Crippen molar-refractivity contribution in [2.24, 2.45) is 0 Å². The quantitative estimate of drug-likeness (QED) is 0.847. The lowest BCUT2D eigenvalue weighted by Gasteiger charge is -2.32. The highest BCUT2D eigenvalue weighted by atomic mass is 35.5. The fraction of sp³-hybridized carbons (Fsp3) is 0.571. The molecule has 0 bridgehead atoms. The van der Waals surface area contributed by atoms with Crippen molar-refractivity contribution < 1.29 is 14.4 Å². The summed E-state index contributed by atoms with van der Waals surface area (Å²) >= 11 is 6.20. The van der Waals surface area contributed by atoms with Crippen molar-refractivity contribution in [3.05, 3.63) is 28.3 Å². The fourth-order valence-electron chi connectivity index (χ4n) is 2.04. The summed E-state index contributed by atoms with van der Waals surface area (Å²) < 4.78 is 12.0. The van der Waals surface area contributed by atoms with Crippen LogP contribution in [-0.2, 0) is 15.9 Å². The molecule has 0 radical (unpaired) electrons. The standard InChI is InChI=1S/C14H20BClO3/c1-9-10(8-17)6-11(7-12(9)16)15-18-13(2,3)14(4,5)19-15/h6-7,17H,8H2,1-5H3. The second-order valence-corrected chi connectivity index (χ2v) is 6.44. The van der Waals surface area contributed by atoms with Gasteiger partial charge in [0, 0.05) is 5.02 Å². The summed E-state index contributed by atoms with van der Waals surface area (Å²) in [6, 6.07) is 3.74. The van der Waals surface area contributed by atoms with Crippen LogP contribution >= 0.6 is 11.6 Å². The van der Waals surface area contributed by atoms with E-state index in [0.29, 0.717) is 5.02 Å². The number of aliphatic hydroxyl groups excluding tert-OH is 1. The van der Waals surface area contributed by atoms with E-state index < -0.39 is 7.12 Å². The van der Waals surface area contributed by atoms with Crippen LogP contribution < -0.4 is 5.46 Å². The summed E-state index contributed by atoms with van der Waals surface area (Å²) in [6.07, 6.45) is 0. The zero-order chi connectivity index (χ0) is 14.4. The number of aliphatic hydroxyl groups is 1. The largest absolute Gasteiger partial charge is 0.494 e. The van der Waals surface area contributed by atoms with Crippen molar-refractivity contribution in [2.45, 2.75) is 52.4 Å². The Morgan fingerprint density at radius 1 is 1.16 bits per heavy atom. The van der Waals surface area contributed by atoms with Gasteiger partial charge in [-0.15, -0.1) is 0 Å². The Morgan fingerprint density at radius 2 is 1.68 bits per heavy atom. The molecule has 1 aliphatic rings. The molecule has 0 amide bonds. The van der Waals surface area contributed by atoms with Crippen molar-refractivity contribution in [3.63, 3.8) is 0 Å². The molecule has 1 heterocycles. The normalized spacial score (nSPS) is 20.9. The maximum atomic E-state index is 9.38. The summed E-state index contributed by atoms with van der Waals surface area (Å²) in [5.41, 5.74) is 1.78. The van der Waals surface area contributed by atoms with Crippen molar-refractivity contribution >= 4 is 24.2 Å².